The van der Waals surface area contributed by atoms with Crippen LogP contribution in [0.25, 0.3) is 0 Å². The van der Waals surface area contributed by atoms with E-state index in [-0.39, 0.29) is 6.42 Å². The lowest BCUT2D eigenvalue weighted by Gasteiger charge is -2.15. The van der Waals surface area contributed by atoms with Gasteiger partial charge in [-0.2, -0.15) is 0 Å². The van der Waals surface area contributed by atoms with Gasteiger partial charge in [0.25, 0.3) is 5.79 Å². The van der Waals surface area contributed by atoms with Crippen molar-refractivity contribution in [2.24, 2.45) is 0 Å². The molecular weight excluding hydrogens is 256 g/mol. The summed E-state index contributed by atoms with van der Waals surface area (Å²) in [4.78, 5) is 10.5. The summed E-state index contributed by atoms with van der Waals surface area (Å²) in [5.74, 6) is -4.10. The minimum absolute atomic E-state index is 0.0836. The minimum atomic E-state index is -2.54. The summed E-state index contributed by atoms with van der Waals surface area (Å²) in [5.41, 5.74) is 0. The first-order valence-corrected chi connectivity index (χ1v) is 8.19. The van der Waals surface area contributed by atoms with Gasteiger partial charge in [-0.05, 0) is 6.42 Å². The Balaban J connectivity index is 3.19. The topological polar surface area (TPSA) is 77.8 Å². The zero-order valence-electron chi connectivity index (χ0n) is 12.9. The third-order valence-electron chi connectivity index (χ3n) is 3.72. The van der Waals surface area contributed by atoms with Crippen molar-refractivity contribution in [3.63, 3.8) is 0 Å². The van der Waals surface area contributed by atoms with Crippen molar-refractivity contribution < 1.29 is 20.1 Å². The Bertz CT molecular complexity index is 239. The summed E-state index contributed by atoms with van der Waals surface area (Å²) in [7, 11) is 0. The molecule has 0 heterocycles. The molecular formula is C16H32O4. The maximum absolute atomic E-state index is 10.5. The molecule has 0 aliphatic rings. The van der Waals surface area contributed by atoms with E-state index in [9.17, 15) is 4.79 Å². The predicted molar refractivity (Wildman–Crippen MR) is 80.5 cm³/mol. The maximum Gasteiger partial charge on any atom is 0.364 e. The molecule has 0 rings (SSSR count). The molecule has 0 unspecified atom stereocenters. The van der Waals surface area contributed by atoms with Gasteiger partial charge in [0.05, 0.1) is 0 Å². The van der Waals surface area contributed by atoms with Gasteiger partial charge in [-0.1, -0.05) is 77.6 Å². The van der Waals surface area contributed by atoms with Crippen LogP contribution in [-0.2, 0) is 4.79 Å². The highest BCUT2D eigenvalue weighted by atomic mass is 16.5. The largest absolute Gasteiger partial charge is 0.477 e. The molecule has 0 aliphatic heterocycles. The van der Waals surface area contributed by atoms with E-state index < -0.39 is 11.8 Å². The summed E-state index contributed by atoms with van der Waals surface area (Å²) in [6, 6.07) is 0. The molecule has 0 radical (unpaired) electrons. The Morgan fingerprint density at radius 2 is 1.10 bits per heavy atom. The van der Waals surface area contributed by atoms with E-state index in [4.69, 9.17) is 15.3 Å². The minimum Gasteiger partial charge on any atom is -0.477 e. The van der Waals surface area contributed by atoms with Gasteiger partial charge in [-0.15, -0.1) is 0 Å². The Morgan fingerprint density at radius 1 is 0.750 bits per heavy atom. The summed E-state index contributed by atoms with van der Waals surface area (Å²) < 4.78 is 0. The molecule has 0 saturated carbocycles. The van der Waals surface area contributed by atoms with Gasteiger partial charge in [0.1, 0.15) is 0 Å². The molecule has 20 heavy (non-hydrogen) atoms. The third-order valence-corrected chi connectivity index (χ3v) is 3.72. The Morgan fingerprint density at radius 3 is 1.45 bits per heavy atom. The lowest BCUT2D eigenvalue weighted by Crippen LogP contribution is -2.37. The average molecular weight is 288 g/mol. The van der Waals surface area contributed by atoms with Crippen LogP contribution in [0.4, 0.5) is 0 Å². The maximum atomic E-state index is 10.5. The average Bonchev–Trinajstić information content (AvgIpc) is 2.39. The van der Waals surface area contributed by atoms with Crippen molar-refractivity contribution >= 4 is 5.97 Å². The van der Waals surface area contributed by atoms with Gasteiger partial charge >= 0.3 is 5.97 Å². The molecule has 120 valence electrons. The summed E-state index contributed by atoms with van der Waals surface area (Å²) in [6.07, 6.45) is 14.1. The molecule has 4 nitrogen and oxygen atoms in total. The fraction of sp³-hybridized carbons (Fsp3) is 0.938. The second-order valence-corrected chi connectivity index (χ2v) is 5.76. The van der Waals surface area contributed by atoms with Crippen LogP contribution in [0.1, 0.15) is 90.4 Å². The molecule has 0 aromatic heterocycles. The lowest BCUT2D eigenvalue weighted by molar-refractivity contribution is -0.205. The van der Waals surface area contributed by atoms with E-state index in [0.29, 0.717) is 6.42 Å². The number of hydrogen-bond donors (Lipinski definition) is 3. The highest BCUT2D eigenvalue weighted by molar-refractivity contribution is 5.74. The van der Waals surface area contributed by atoms with Crippen LogP contribution < -0.4 is 0 Å². The number of carbonyl (C=O) groups is 1. The number of rotatable bonds is 14. The van der Waals surface area contributed by atoms with E-state index in [2.05, 4.69) is 6.92 Å². The van der Waals surface area contributed by atoms with Crippen molar-refractivity contribution in [2.75, 3.05) is 0 Å². The first-order valence-electron chi connectivity index (χ1n) is 8.19. The first-order chi connectivity index (χ1) is 9.50. The van der Waals surface area contributed by atoms with Crippen LogP contribution >= 0.6 is 0 Å². The molecule has 0 bridgehead atoms. The highest BCUT2D eigenvalue weighted by Gasteiger charge is 2.31. The fourth-order valence-electron chi connectivity index (χ4n) is 2.32. The highest BCUT2D eigenvalue weighted by Crippen LogP contribution is 2.15. The quantitative estimate of drug-likeness (QED) is 0.335. The van der Waals surface area contributed by atoms with Crippen LogP contribution in [-0.4, -0.2) is 27.1 Å². The monoisotopic (exact) mass is 288 g/mol. The van der Waals surface area contributed by atoms with Gasteiger partial charge in [0.2, 0.25) is 0 Å². The predicted octanol–water partition coefficient (Wildman–Crippen LogP) is 3.84. The summed E-state index contributed by atoms with van der Waals surface area (Å²) in [6.45, 7) is 2.23. The smallest absolute Gasteiger partial charge is 0.364 e. The van der Waals surface area contributed by atoms with Gasteiger partial charge in [-0.3, -0.25) is 0 Å². The van der Waals surface area contributed by atoms with Gasteiger partial charge in [0, 0.05) is 6.42 Å². The number of carboxylic acids is 1. The van der Waals surface area contributed by atoms with Crippen LogP contribution in [0.5, 0.6) is 0 Å². The van der Waals surface area contributed by atoms with Crippen LogP contribution in [0.15, 0.2) is 0 Å². The number of hydrogen-bond acceptors (Lipinski definition) is 3. The van der Waals surface area contributed by atoms with Crippen molar-refractivity contribution in [1.29, 1.82) is 0 Å². The number of carboxylic acid groups (broad SMARTS) is 1. The molecule has 0 aromatic carbocycles. The molecule has 4 heteroatoms. The summed E-state index contributed by atoms with van der Waals surface area (Å²) >= 11 is 0. The second kappa shape index (κ2) is 12.2. The van der Waals surface area contributed by atoms with E-state index in [1.54, 1.807) is 0 Å². The molecule has 0 amide bonds. The van der Waals surface area contributed by atoms with Crippen LogP contribution in [0.2, 0.25) is 0 Å². The van der Waals surface area contributed by atoms with Gasteiger partial charge in [0.15, 0.2) is 0 Å². The van der Waals surface area contributed by atoms with Crippen LogP contribution in [0, 0.1) is 0 Å². The fourth-order valence-corrected chi connectivity index (χ4v) is 2.32. The second-order valence-electron chi connectivity index (χ2n) is 5.76. The third kappa shape index (κ3) is 11.2. The van der Waals surface area contributed by atoms with Crippen molar-refractivity contribution in [3.05, 3.63) is 0 Å². The molecule has 0 aromatic rings. The molecule has 0 atom stereocenters. The zero-order chi connectivity index (χ0) is 15.3. The first kappa shape index (κ1) is 19.4. The van der Waals surface area contributed by atoms with Crippen molar-refractivity contribution in [3.8, 4) is 0 Å². The lowest BCUT2D eigenvalue weighted by atomic mass is 10.0. The van der Waals surface area contributed by atoms with Crippen LogP contribution in [0.3, 0.4) is 0 Å². The standard InChI is InChI=1S/C16H32O4/c1-2-3-4-5-6-7-8-9-10-11-12-13-14-16(19,20)15(17)18/h19-20H,2-14H2,1H3,(H,17,18). The number of aliphatic hydroxyl groups is 2. The van der Waals surface area contributed by atoms with Gasteiger partial charge in [-0.25, -0.2) is 4.79 Å². The van der Waals surface area contributed by atoms with E-state index in [1.165, 1.54) is 51.4 Å². The number of aliphatic carboxylic acids is 1. The van der Waals surface area contributed by atoms with Crippen molar-refractivity contribution in [2.45, 2.75) is 96.2 Å². The number of unbranched alkanes of at least 4 members (excludes halogenated alkanes) is 11. The van der Waals surface area contributed by atoms with E-state index >= 15 is 0 Å². The molecule has 0 fully saturated rings. The molecule has 0 spiro atoms. The molecule has 0 aliphatic carbocycles. The SMILES string of the molecule is CCCCCCCCCCCCCCC(O)(O)C(=O)O. The zero-order valence-corrected chi connectivity index (χ0v) is 12.9. The van der Waals surface area contributed by atoms with E-state index in [0.717, 1.165) is 19.3 Å². The normalized spacial score (nSPS) is 11.8. The molecule has 0 saturated heterocycles. The summed E-state index contributed by atoms with van der Waals surface area (Å²) in [5, 5.41) is 26.7. The molecule has 3 N–H and O–H groups in total. The Labute approximate surface area is 123 Å². The Hall–Kier alpha value is -0.610. The van der Waals surface area contributed by atoms with Crippen molar-refractivity contribution in [1.82, 2.24) is 0 Å². The van der Waals surface area contributed by atoms with E-state index in [1.807, 2.05) is 0 Å². The van der Waals surface area contributed by atoms with Gasteiger partial charge < -0.3 is 15.3 Å². The Kier molecular flexibility index (Phi) is 11.8.